The third-order valence-electron chi connectivity index (χ3n) is 3.51. The number of benzene rings is 2. The molecular weight excluding hydrogens is 260 g/mol. The fraction of sp³-hybridized carbons (Fsp3) is 0.278. The van der Waals surface area contributed by atoms with Crippen LogP contribution in [0.15, 0.2) is 48.5 Å². The molecule has 1 atom stereocenters. The van der Waals surface area contributed by atoms with Crippen molar-refractivity contribution >= 4 is 0 Å². The van der Waals surface area contributed by atoms with E-state index >= 15 is 0 Å². The molecule has 108 valence electrons. The highest BCUT2D eigenvalue weighted by Gasteiger charge is 2.11. The topological polar surface area (TPSA) is 59.0 Å². The molecule has 0 bridgehead atoms. The maximum Gasteiger partial charge on any atom is 0.119 e. The monoisotopic (exact) mass is 280 g/mol. The third-order valence-corrected chi connectivity index (χ3v) is 3.51. The van der Waals surface area contributed by atoms with Gasteiger partial charge in [-0.2, -0.15) is 5.26 Å². The molecule has 0 aliphatic carbocycles. The summed E-state index contributed by atoms with van der Waals surface area (Å²) in [7, 11) is 0. The van der Waals surface area contributed by atoms with Gasteiger partial charge in [-0.25, -0.2) is 0 Å². The average Bonchev–Trinajstić information content (AvgIpc) is 2.54. The third kappa shape index (κ3) is 4.08. The minimum Gasteiger partial charge on any atom is -0.494 e. The Morgan fingerprint density at radius 3 is 2.29 bits per heavy atom. The lowest BCUT2D eigenvalue weighted by Gasteiger charge is -2.16. The summed E-state index contributed by atoms with van der Waals surface area (Å²) in [6, 6.07) is 17.9. The Morgan fingerprint density at radius 2 is 1.76 bits per heavy atom. The highest BCUT2D eigenvalue weighted by Crippen LogP contribution is 2.23. The number of nitrogens with two attached hydrogens (primary N) is 1. The fourth-order valence-electron chi connectivity index (χ4n) is 2.34. The molecule has 0 saturated heterocycles. The largest absolute Gasteiger partial charge is 0.494 e. The molecule has 3 nitrogen and oxygen atoms in total. The first-order valence-corrected chi connectivity index (χ1v) is 7.18. The molecule has 0 fully saturated rings. The first kappa shape index (κ1) is 15.1. The van der Waals surface area contributed by atoms with Gasteiger partial charge < -0.3 is 10.5 Å². The minimum absolute atomic E-state index is 0.272. The Hall–Kier alpha value is -2.31. The molecule has 0 aromatic heterocycles. The van der Waals surface area contributed by atoms with Crippen molar-refractivity contribution in [2.24, 2.45) is 5.73 Å². The lowest BCUT2D eigenvalue weighted by molar-refractivity contribution is 0.340. The molecule has 0 amide bonds. The number of hydrogen-bond donors (Lipinski definition) is 1. The number of nitriles is 1. The summed E-state index contributed by atoms with van der Waals surface area (Å²) in [5.41, 5.74) is 9.01. The summed E-state index contributed by atoms with van der Waals surface area (Å²) in [5, 5.41) is 8.82. The van der Waals surface area contributed by atoms with E-state index in [2.05, 4.69) is 18.2 Å². The van der Waals surface area contributed by atoms with Crippen molar-refractivity contribution in [1.29, 1.82) is 5.26 Å². The van der Waals surface area contributed by atoms with Crippen LogP contribution in [0, 0.1) is 11.3 Å². The second-order valence-corrected chi connectivity index (χ2v) is 4.95. The normalized spacial score (nSPS) is 11.7. The van der Waals surface area contributed by atoms with Crippen LogP contribution in [-0.4, -0.2) is 13.2 Å². The zero-order chi connectivity index (χ0) is 15.1. The molecule has 0 heterocycles. The SMILES string of the molecule is CCOc1ccc(C(CN)Cc2ccc(C#N)cc2)cc1. The van der Waals surface area contributed by atoms with Crippen LogP contribution in [0.2, 0.25) is 0 Å². The van der Waals surface area contributed by atoms with Gasteiger partial charge in [0.05, 0.1) is 18.2 Å². The molecular formula is C18H20N2O. The van der Waals surface area contributed by atoms with Crippen LogP contribution in [0.1, 0.15) is 29.5 Å². The van der Waals surface area contributed by atoms with Gasteiger partial charge in [0.1, 0.15) is 5.75 Å². The lowest BCUT2D eigenvalue weighted by Crippen LogP contribution is -2.15. The van der Waals surface area contributed by atoms with Crippen molar-refractivity contribution in [2.75, 3.05) is 13.2 Å². The van der Waals surface area contributed by atoms with Crippen LogP contribution in [0.25, 0.3) is 0 Å². The van der Waals surface area contributed by atoms with Crippen molar-refractivity contribution in [3.05, 3.63) is 65.2 Å². The molecule has 3 heteroatoms. The van der Waals surface area contributed by atoms with Gasteiger partial charge in [0.2, 0.25) is 0 Å². The summed E-state index contributed by atoms with van der Waals surface area (Å²) >= 11 is 0. The highest BCUT2D eigenvalue weighted by molar-refractivity contribution is 5.34. The van der Waals surface area contributed by atoms with E-state index < -0.39 is 0 Å². The van der Waals surface area contributed by atoms with Gasteiger partial charge in [0.25, 0.3) is 0 Å². The summed E-state index contributed by atoms with van der Waals surface area (Å²) in [6.45, 7) is 3.24. The van der Waals surface area contributed by atoms with E-state index in [0.29, 0.717) is 18.7 Å². The van der Waals surface area contributed by atoms with Gasteiger partial charge in [-0.1, -0.05) is 24.3 Å². The molecule has 2 aromatic carbocycles. The Balaban J connectivity index is 2.09. The molecule has 2 N–H and O–H groups in total. The van der Waals surface area contributed by atoms with Gasteiger partial charge in [0.15, 0.2) is 0 Å². The van der Waals surface area contributed by atoms with Crippen molar-refractivity contribution in [2.45, 2.75) is 19.3 Å². The first-order valence-electron chi connectivity index (χ1n) is 7.18. The zero-order valence-corrected chi connectivity index (χ0v) is 12.3. The Kier molecular flexibility index (Phi) is 5.36. The second-order valence-electron chi connectivity index (χ2n) is 4.95. The van der Waals surface area contributed by atoms with Crippen LogP contribution in [-0.2, 0) is 6.42 Å². The fourth-order valence-corrected chi connectivity index (χ4v) is 2.34. The van der Waals surface area contributed by atoms with Crippen LogP contribution in [0.3, 0.4) is 0 Å². The predicted octanol–water partition coefficient (Wildman–Crippen LogP) is 3.24. The smallest absolute Gasteiger partial charge is 0.119 e. The van der Waals surface area contributed by atoms with Crippen molar-refractivity contribution in [3.8, 4) is 11.8 Å². The zero-order valence-electron chi connectivity index (χ0n) is 12.3. The van der Waals surface area contributed by atoms with Gasteiger partial charge in [-0.3, -0.25) is 0 Å². The van der Waals surface area contributed by atoms with Crippen molar-refractivity contribution in [1.82, 2.24) is 0 Å². The van der Waals surface area contributed by atoms with E-state index in [9.17, 15) is 0 Å². The van der Waals surface area contributed by atoms with Gasteiger partial charge in [-0.15, -0.1) is 0 Å². The second kappa shape index (κ2) is 7.47. The minimum atomic E-state index is 0.272. The Bertz CT molecular complexity index is 597. The van der Waals surface area contributed by atoms with E-state index in [0.717, 1.165) is 12.2 Å². The van der Waals surface area contributed by atoms with E-state index in [1.165, 1.54) is 11.1 Å². The summed E-state index contributed by atoms with van der Waals surface area (Å²) in [4.78, 5) is 0. The van der Waals surface area contributed by atoms with Crippen molar-refractivity contribution in [3.63, 3.8) is 0 Å². The standard InChI is InChI=1S/C18H20N2O/c1-2-21-18-9-7-16(8-10-18)17(13-20)11-14-3-5-15(12-19)6-4-14/h3-10,17H,2,11,13,20H2,1H3. The summed E-state index contributed by atoms with van der Waals surface area (Å²) in [6.07, 6.45) is 0.871. The Labute approximate surface area is 126 Å². The molecule has 21 heavy (non-hydrogen) atoms. The van der Waals surface area contributed by atoms with Gasteiger partial charge in [0, 0.05) is 5.92 Å². The molecule has 2 rings (SSSR count). The van der Waals surface area contributed by atoms with Crippen molar-refractivity contribution < 1.29 is 4.74 Å². The molecule has 1 unspecified atom stereocenters. The number of hydrogen-bond acceptors (Lipinski definition) is 3. The van der Waals surface area contributed by atoms with Crippen LogP contribution >= 0.6 is 0 Å². The maximum atomic E-state index is 8.82. The summed E-state index contributed by atoms with van der Waals surface area (Å²) < 4.78 is 5.46. The van der Waals surface area contributed by atoms with Gasteiger partial charge >= 0.3 is 0 Å². The van der Waals surface area contributed by atoms with Crippen LogP contribution in [0.5, 0.6) is 5.75 Å². The maximum absolute atomic E-state index is 8.82. The molecule has 2 aromatic rings. The van der Waals surface area contributed by atoms with E-state index in [1.54, 1.807) is 0 Å². The number of rotatable bonds is 6. The predicted molar refractivity (Wildman–Crippen MR) is 84.3 cm³/mol. The molecule has 0 aliphatic rings. The lowest BCUT2D eigenvalue weighted by atomic mass is 9.92. The Morgan fingerprint density at radius 1 is 1.10 bits per heavy atom. The molecule has 0 saturated carbocycles. The number of nitrogens with zero attached hydrogens (tertiary/aromatic N) is 1. The highest BCUT2D eigenvalue weighted by atomic mass is 16.5. The van der Waals surface area contributed by atoms with Crippen LogP contribution < -0.4 is 10.5 Å². The first-order chi connectivity index (χ1) is 10.3. The number of ether oxygens (including phenoxy) is 1. The van der Waals surface area contributed by atoms with E-state index in [1.807, 2.05) is 43.3 Å². The molecule has 0 aliphatic heterocycles. The molecule has 0 radical (unpaired) electrons. The van der Waals surface area contributed by atoms with E-state index in [4.69, 9.17) is 15.7 Å². The summed E-state index contributed by atoms with van der Waals surface area (Å²) in [5.74, 6) is 1.16. The van der Waals surface area contributed by atoms with Gasteiger partial charge in [-0.05, 0) is 55.3 Å². The average molecular weight is 280 g/mol. The quantitative estimate of drug-likeness (QED) is 0.883. The van der Waals surface area contributed by atoms with E-state index in [-0.39, 0.29) is 5.92 Å². The molecule has 0 spiro atoms. The van der Waals surface area contributed by atoms with Crippen LogP contribution in [0.4, 0.5) is 0 Å².